The number of benzene rings is 2. The van der Waals surface area contributed by atoms with Crippen LogP contribution in [-0.4, -0.2) is 36.9 Å². The summed E-state index contributed by atoms with van der Waals surface area (Å²) < 4.78 is 30.4. The van der Waals surface area contributed by atoms with Crippen molar-refractivity contribution in [2.45, 2.75) is 11.7 Å². The molecule has 2 fully saturated rings. The predicted molar refractivity (Wildman–Crippen MR) is 104 cm³/mol. The number of carbonyl (C=O) groups excluding carboxylic acids is 2. The summed E-state index contributed by atoms with van der Waals surface area (Å²) in [6.45, 7) is 0.460. The number of carbonyl (C=O) groups is 2. The highest BCUT2D eigenvalue weighted by Gasteiger charge is 2.67. The molecule has 1 spiro atoms. The second-order valence-corrected chi connectivity index (χ2v) is 7.86. The quantitative estimate of drug-likeness (QED) is 0.790. The standard InChI is InChI=1S/C22H17FN2O5/c23-12-2-1-3-13(8-12)24-20(26)18-16-6-7-22(30-16)10-25(21(27)19(18)22)14-4-5-15-17(9-14)29-11-28-15/h1-9,16,18-19H,10-11H2,(H,24,26)/t16-,18-,19-,22-/m1/s1. The van der Waals surface area contributed by atoms with Crippen molar-refractivity contribution in [1.29, 1.82) is 0 Å². The molecular weight excluding hydrogens is 391 g/mol. The molecule has 2 aromatic rings. The molecule has 0 radical (unpaired) electrons. The first kappa shape index (κ1) is 17.5. The van der Waals surface area contributed by atoms with Crippen molar-refractivity contribution >= 4 is 23.2 Å². The summed E-state index contributed by atoms with van der Waals surface area (Å²) in [6.07, 6.45) is 3.24. The second kappa shape index (κ2) is 6.06. The molecule has 0 unspecified atom stereocenters. The number of hydrogen-bond acceptors (Lipinski definition) is 5. The summed E-state index contributed by atoms with van der Waals surface area (Å²) in [6, 6.07) is 11.0. The minimum atomic E-state index is -0.845. The number of nitrogens with zero attached hydrogens (tertiary/aromatic N) is 1. The van der Waals surface area contributed by atoms with Crippen LogP contribution in [0.2, 0.25) is 0 Å². The lowest BCUT2D eigenvalue weighted by Gasteiger charge is -2.23. The highest BCUT2D eigenvalue weighted by atomic mass is 19.1. The van der Waals surface area contributed by atoms with Crippen LogP contribution in [0, 0.1) is 17.7 Å². The van der Waals surface area contributed by atoms with Crippen LogP contribution in [0.15, 0.2) is 54.6 Å². The molecule has 0 aliphatic carbocycles. The number of rotatable bonds is 3. The van der Waals surface area contributed by atoms with Gasteiger partial charge in [-0.1, -0.05) is 18.2 Å². The number of ether oxygens (including phenoxy) is 3. The molecule has 0 saturated carbocycles. The fourth-order valence-corrected chi connectivity index (χ4v) is 4.86. The van der Waals surface area contributed by atoms with Gasteiger partial charge in [0.15, 0.2) is 11.5 Å². The van der Waals surface area contributed by atoms with E-state index in [4.69, 9.17) is 14.2 Å². The van der Waals surface area contributed by atoms with Crippen LogP contribution < -0.4 is 19.7 Å². The minimum Gasteiger partial charge on any atom is -0.454 e. The zero-order chi connectivity index (χ0) is 20.5. The maximum absolute atomic E-state index is 13.5. The van der Waals surface area contributed by atoms with E-state index in [0.29, 0.717) is 29.4 Å². The summed E-state index contributed by atoms with van der Waals surface area (Å²) in [5.74, 6) is -1.11. The molecule has 2 aromatic carbocycles. The van der Waals surface area contributed by atoms with Crippen LogP contribution in [0.4, 0.5) is 15.8 Å². The maximum Gasteiger partial charge on any atom is 0.234 e. The van der Waals surface area contributed by atoms with Gasteiger partial charge in [-0.25, -0.2) is 4.39 Å². The number of fused-ring (bicyclic) bond motifs is 2. The summed E-state index contributed by atoms with van der Waals surface area (Å²) in [5, 5.41) is 2.73. The molecule has 4 heterocycles. The Balaban J connectivity index is 1.30. The number of amides is 2. The number of hydrogen-bond donors (Lipinski definition) is 1. The zero-order valence-corrected chi connectivity index (χ0v) is 15.7. The summed E-state index contributed by atoms with van der Waals surface area (Å²) in [7, 11) is 0. The van der Waals surface area contributed by atoms with Gasteiger partial charge in [0.1, 0.15) is 11.4 Å². The van der Waals surface area contributed by atoms with Crippen LogP contribution in [0.5, 0.6) is 11.5 Å². The zero-order valence-electron chi connectivity index (χ0n) is 15.7. The third-order valence-corrected chi connectivity index (χ3v) is 6.16. The molecule has 152 valence electrons. The lowest BCUT2D eigenvalue weighted by atomic mass is 9.77. The average Bonchev–Trinajstić information content (AvgIpc) is 3.48. The Labute approximate surface area is 171 Å². The molecule has 4 aliphatic rings. The van der Waals surface area contributed by atoms with Gasteiger partial charge in [0, 0.05) is 17.4 Å². The van der Waals surface area contributed by atoms with E-state index in [2.05, 4.69) is 5.32 Å². The maximum atomic E-state index is 13.5. The van der Waals surface area contributed by atoms with E-state index < -0.39 is 29.4 Å². The van der Waals surface area contributed by atoms with E-state index in [1.165, 1.54) is 18.2 Å². The largest absolute Gasteiger partial charge is 0.454 e. The third-order valence-electron chi connectivity index (χ3n) is 6.16. The normalized spacial score (nSPS) is 30.1. The molecule has 2 bridgehead atoms. The number of halogens is 1. The Morgan fingerprint density at radius 3 is 2.90 bits per heavy atom. The smallest absolute Gasteiger partial charge is 0.234 e. The van der Waals surface area contributed by atoms with Crippen LogP contribution in [0.3, 0.4) is 0 Å². The van der Waals surface area contributed by atoms with Gasteiger partial charge in [-0.15, -0.1) is 0 Å². The Morgan fingerprint density at radius 1 is 1.17 bits per heavy atom. The van der Waals surface area contributed by atoms with Gasteiger partial charge in [0.25, 0.3) is 0 Å². The summed E-state index contributed by atoms with van der Waals surface area (Å²) in [5.41, 5.74) is 0.166. The van der Waals surface area contributed by atoms with Crippen molar-refractivity contribution in [1.82, 2.24) is 0 Å². The lowest BCUT2D eigenvalue weighted by Crippen LogP contribution is -2.41. The van der Waals surface area contributed by atoms with Crippen molar-refractivity contribution in [2.75, 3.05) is 23.6 Å². The lowest BCUT2D eigenvalue weighted by molar-refractivity contribution is -0.128. The van der Waals surface area contributed by atoms with Crippen LogP contribution in [0.1, 0.15) is 0 Å². The van der Waals surface area contributed by atoms with E-state index in [0.717, 1.165) is 0 Å². The predicted octanol–water partition coefficient (Wildman–Crippen LogP) is 2.48. The van der Waals surface area contributed by atoms with E-state index in [9.17, 15) is 14.0 Å². The van der Waals surface area contributed by atoms with Gasteiger partial charge in [-0.3, -0.25) is 9.59 Å². The molecule has 6 rings (SSSR count). The Kier molecular flexibility index (Phi) is 3.53. The first-order valence-corrected chi connectivity index (χ1v) is 9.69. The van der Waals surface area contributed by atoms with Crippen LogP contribution in [0.25, 0.3) is 0 Å². The van der Waals surface area contributed by atoms with E-state index in [1.54, 1.807) is 29.2 Å². The molecule has 7 nitrogen and oxygen atoms in total. The van der Waals surface area contributed by atoms with Gasteiger partial charge < -0.3 is 24.4 Å². The summed E-state index contributed by atoms with van der Waals surface area (Å²) in [4.78, 5) is 28.1. The second-order valence-electron chi connectivity index (χ2n) is 7.86. The highest BCUT2D eigenvalue weighted by Crippen LogP contribution is 2.53. The van der Waals surface area contributed by atoms with Crippen LogP contribution >= 0.6 is 0 Å². The summed E-state index contributed by atoms with van der Waals surface area (Å²) >= 11 is 0. The molecule has 4 aliphatic heterocycles. The third kappa shape index (κ3) is 2.40. The first-order valence-electron chi connectivity index (χ1n) is 9.69. The Hall–Kier alpha value is -3.39. The van der Waals surface area contributed by atoms with E-state index in [-0.39, 0.29) is 18.6 Å². The van der Waals surface area contributed by atoms with E-state index in [1.807, 2.05) is 12.2 Å². The molecule has 4 atom stereocenters. The van der Waals surface area contributed by atoms with Crippen LogP contribution in [-0.2, 0) is 14.3 Å². The van der Waals surface area contributed by atoms with Crippen molar-refractivity contribution in [3.63, 3.8) is 0 Å². The van der Waals surface area contributed by atoms with Gasteiger partial charge in [-0.2, -0.15) is 0 Å². The monoisotopic (exact) mass is 408 g/mol. The molecule has 2 amide bonds. The van der Waals surface area contributed by atoms with Crippen molar-refractivity contribution < 1.29 is 28.2 Å². The van der Waals surface area contributed by atoms with Crippen molar-refractivity contribution in [3.8, 4) is 11.5 Å². The Morgan fingerprint density at radius 2 is 2.03 bits per heavy atom. The Bertz CT molecular complexity index is 1120. The number of anilines is 2. The minimum absolute atomic E-state index is 0.148. The van der Waals surface area contributed by atoms with Crippen molar-refractivity contribution in [2.24, 2.45) is 11.8 Å². The fourth-order valence-electron chi connectivity index (χ4n) is 4.86. The van der Waals surface area contributed by atoms with Gasteiger partial charge in [0.2, 0.25) is 18.6 Å². The first-order chi connectivity index (χ1) is 14.5. The average molecular weight is 408 g/mol. The molecule has 8 heteroatoms. The molecular formula is C22H17FN2O5. The highest BCUT2D eigenvalue weighted by molar-refractivity contribution is 6.05. The molecule has 2 saturated heterocycles. The molecule has 30 heavy (non-hydrogen) atoms. The topological polar surface area (TPSA) is 77.1 Å². The molecule has 1 N–H and O–H groups in total. The number of nitrogens with one attached hydrogen (secondary N) is 1. The van der Waals surface area contributed by atoms with Gasteiger partial charge >= 0.3 is 0 Å². The SMILES string of the molecule is O=C(Nc1cccc(F)c1)[C@@H]1[C@H]2C=C[C@]3(CN(c4ccc5c(c4)OCO5)C(=O)[C@@H]13)O2. The van der Waals surface area contributed by atoms with Crippen molar-refractivity contribution in [3.05, 3.63) is 60.4 Å². The molecule has 0 aromatic heterocycles. The van der Waals surface area contributed by atoms with Gasteiger partial charge in [-0.05, 0) is 30.3 Å². The van der Waals surface area contributed by atoms with Gasteiger partial charge in [0.05, 0.1) is 24.5 Å². The fraction of sp³-hybridized carbons (Fsp3) is 0.273. The van der Waals surface area contributed by atoms with E-state index >= 15 is 0 Å².